The number of aromatic nitrogens is 2. The van der Waals surface area contributed by atoms with E-state index in [1.807, 2.05) is 23.9 Å². The molecule has 0 spiro atoms. The molecule has 1 aromatic rings. The number of nitriles is 1. The average Bonchev–Trinajstić information content (AvgIpc) is 3.44. The lowest BCUT2D eigenvalue weighted by Crippen LogP contribution is -2.52. The van der Waals surface area contributed by atoms with Crippen molar-refractivity contribution in [1.29, 1.82) is 5.26 Å². The summed E-state index contributed by atoms with van der Waals surface area (Å²) < 4.78 is 7.67. The quantitative estimate of drug-likeness (QED) is 0.549. The summed E-state index contributed by atoms with van der Waals surface area (Å²) in [5.74, 6) is 5.53. The lowest BCUT2D eigenvalue weighted by molar-refractivity contribution is -0.130. The van der Waals surface area contributed by atoms with E-state index in [2.05, 4.69) is 25.0 Å². The molecular weight excluding hydrogens is 422 g/mol. The van der Waals surface area contributed by atoms with Gasteiger partial charge in [-0.3, -0.25) is 4.68 Å². The van der Waals surface area contributed by atoms with E-state index in [1.54, 1.807) is 0 Å². The van der Waals surface area contributed by atoms with Crippen LogP contribution in [0.2, 0.25) is 0 Å². The van der Waals surface area contributed by atoms with Crippen molar-refractivity contribution in [2.24, 2.45) is 46.8 Å². The van der Waals surface area contributed by atoms with Gasteiger partial charge in [-0.05, 0) is 118 Å². The Morgan fingerprint density at radius 2 is 1.97 bits per heavy atom. The molecule has 0 unspecified atom stereocenters. The first-order valence-corrected chi connectivity index (χ1v) is 14.1. The van der Waals surface area contributed by atoms with Gasteiger partial charge >= 0.3 is 0 Å². The van der Waals surface area contributed by atoms with E-state index in [4.69, 9.17) is 10.00 Å². The SMILES string of the molecule is CCOC[C@@]1(O)CC[C@H]2[C@@H](CC[C@@H]3[C@@H]2CC[C@]2(C)[C@@H]([C@H](CC)Cn4ccc(C#N)n4)CC[C@@H]32)C1. The van der Waals surface area contributed by atoms with Crippen LogP contribution in [0, 0.1) is 58.2 Å². The zero-order valence-corrected chi connectivity index (χ0v) is 21.6. The van der Waals surface area contributed by atoms with Crippen LogP contribution in [0.25, 0.3) is 0 Å². The maximum Gasteiger partial charge on any atom is 0.162 e. The number of hydrogen-bond acceptors (Lipinski definition) is 4. The molecule has 0 aromatic carbocycles. The van der Waals surface area contributed by atoms with Crippen molar-refractivity contribution in [3.63, 3.8) is 0 Å². The van der Waals surface area contributed by atoms with Gasteiger partial charge in [-0.15, -0.1) is 0 Å². The van der Waals surface area contributed by atoms with E-state index in [0.717, 1.165) is 49.0 Å². The van der Waals surface area contributed by atoms with Crippen LogP contribution in [0.1, 0.15) is 90.7 Å². The molecule has 0 bridgehead atoms. The van der Waals surface area contributed by atoms with E-state index in [0.29, 0.717) is 36.2 Å². The fraction of sp³-hybridized carbons (Fsp3) is 0.862. The normalized spacial score (nSPS) is 42.3. The Balaban J connectivity index is 1.27. The molecule has 1 N–H and O–H groups in total. The average molecular weight is 468 g/mol. The first kappa shape index (κ1) is 24.3. The van der Waals surface area contributed by atoms with Gasteiger partial charge in [0.1, 0.15) is 6.07 Å². The highest BCUT2D eigenvalue weighted by Crippen LogP contribution is 2.66. The lowest BCUT2D eigenvalue weighted by Gasteiger charge is -2.57. The van der Waals surface area contributed by atoms with Crippen LogP contribution in [0.15, 0.2) is 12.3 Å². The maximum absolute atomic E-state index is 11.1. The predicted octanol–water partition coefficient (Wildman–Crippen LogP) is 5.82. The van der Waals surface area contributed by atoms with Crippen molar-refractivity contribution >= 4 is 0 Å². The largest absolute Gasteiger partial charge is 0.387 e. The molecule has 0 saturated heterocycles. The number of nitrogens with zero attached hydrogens (tertiary/aromatic N) is 3. The summed E-state index contributed by atoms with van der Waals surface area (Å²) in [5.41, 5.74) is 0.394. The zero-order valence-electron chi connectivity index (χ0n) is 21.6. The summed E-state index contributed by atoms with van der Waals surface area (Å²) >= 11 is 0. The minimum Gasteiger partial charge on any atom is -0.387 e. The first-order chi connectivity index (χ1) is 16.4. The fourth-order valence-electron chi connectivity index (χ4n) is 9.50. The standard InChI is InChI=1S/C29H45N3O2/c1-4-20(18-32-15-12-22(17-30)31-32)26-8-9-27-25-7-6-21-16-29(33,19-34-5-2)14-11-23(21)24(25)10-13-28(26,27)3/h12,15,20-21,23-27,33H,4-11,13-14,16,18-19H2,1-3H3/t20-,21+,23+,24-,25-,26-,27+,28-,29-/m1/s1. The number of fused-ring (bicyclic) bond motifs is 5. The van der Waals surface area contributed by atoms with E-state index in [1.165, 1.54) is 51.4 Å². The number of rotatable bonds is 7. The van der Waals surface area contributed by atoms with E-state index >= 15 is 0 Å². The third-order valence-electron chi connectivity index (χ3n) is 11.0. The highest BCUT2D eigenvalue weighted by atomic mass is 16.5. The monoisotopic (exact) mass is 467 g/mol. The third kappa shape index (κ3) is 4.24. The predicted molar refractivity (Wildman–Crippen MR) is 133 cm³/mol. The van der Waals surface area contributed by atoms with Crippen molar-refractivity contribution in [1.82, 2.24) is 9.78 Å². The van der Waals surface area contributed by atoms with Crippen molar-refractivity contribution in [3.05, 3.63) is 18.0 Å². The minimum absolute atomic E-state index is 0.449. The molecule has 5 rings (SSSR count). The first-order valence-electron chi connectivity index (χ1n) is 14.1. The molecule has 4 aliphatic carbocycles. The Hall–Kier alpha value is -1.38. The Labute approximate surface area is 206 Å². The number of hydrogen-bond donors (Lipinski definition) is 1. The molecule has 9 atom stereocenters. The zero-order chi connectivity index (χ0) is 23.9. The van der Waals surface area contributed by atoms with Crippen LogP contribution >= 0.6 is 0 Å². The summed E-state index contributed by atoms with van der Waals surface area (Å²) in [7, 11) is 0. The molecule has 4 saturated carbocycles. The molecule has 5 nitrogen and oxygen atoms in total. The van der Waals surface area contributed by atoms with Gasteiger partial charge in [0.15, 0.2) is 5.69 Å². The second kappa shape index (κ2) is 9.58. The van der Waals surface area contributed by atoms with Crippen molar-refractivity contribution < 1.29 is 9.84 Å². The second-order valence-corrected chi connectivity index (χ2v) is 12.5. The van der Waals surface area contributed by atoms with Crippen LogP contribution in [0.4, 0.5) is 0 Å². The molecule has 0 radical (unpaired) electrons. The van der Waals surface area contributed by atoms with Crippen LogP contribution in [0.5, 0.6) is 0 Å². The number of ether oxygens (including phenoxy) is 1. The molecule has 4 aliphatic rings. The molecule has 0 aliphatic heterocycles. The van der Waals surface area contributed by atoms with Crippen molar-refractivity contribution in [3.8, 4) is 6.07 Å². The summed E-state index contributed by atoms with van der Waals surface area (Å²) in [6.07, 6.45) is 14.4. The summed E-state index contributed by atoms with van der Waals surface area (Å²) in [6, 6.07) is 4.02. The molecule has 5 heteroatoms. The fourth-order valence-corrected chi connectivity index (χ4v) is 9.50. The van der Waals surface area contributed by atoms with Gasteiger partial charge in [0.2, 0.25) is 0 Å². The molecule has 0 amide bonds. The highest BCUT2D eigenvalue weighted by molar-refractivity contribution is 5.16. The van der Waals surface area contributed by atoms with Gasteiger partial charge in [-0.2, -0.15) is 10.4 Å². The smallest absolute Gasteiger partial charge is 0.162 e. The van der Waals surface area contributed by atoms with Gasteiger partial charge in [-0.25, -0.2) is 0 Å². The van der Waals surface area contributed by atoms with Crippen LogP contribution in [-0.4, -0.2) is 33.7 Å². The third-order valence-corrected chi connectivity index (χ3v) is 11.0. The molecule has 4 fully saturated rings. The maximum atomic E-state index is 11.1. The van der Waals surface area contributed by atoms with E-state index in [-0.39, 0.29) is 0 Å². The minimum atomic E-state index is -0.585. The number of aliphatic hydroxyl groups is 1. The van der Waals surface area contributed by atoms with E-state index < -0.39 is 5.60 Å². The Morgan fingerprint density at radius 3 is 2.71 bits per heavy atom. The van der Waals surface area contributed by atoms with Gasteiger partial charge < -0.3 is 9.84 Å². The van der Waals surface area contributed by atoms with Crippen molar-refractivity contribution in [2.75, 3.05) is 13.2 Å². The summed E-state index contributed by atoms with van der Waals surface area (Å²) in [6.45, 7) is 9.16. The van der Waals surface area contributed by atoms with Crippen LogP contribution in [0.3, 0.4) is 0 Å². The molecule has 1 aromatic heterocycles. The highest BCUT2D eigenvalue weighted by Gasteiger charge is 2.58. The molecule has 1 heterocycles. The van der Waals surface area contributed by atoms with Gasteiger partial charge in [0.25, 0.3) is 0 Å². The van der Waals surface area contributed by atoms with Crippen LogP contribution in [-0.2, 0) is 11.3 Å². The van der Waals surface area contributed by atoms with Gasteiger partial charge in [0.05, 0.1) is 12.2 Å². The summed E-state index contributed by atoms with van der Waals surface area (Å²) in [4.78, 5) is 0. The second-order valence-electron chi connectivity index (χ2n) is 12.5. The van der Waals surface area contributed by atoms with Gasteiger partial charge in [0, 0.05) is 19.3 Å². The molecule has 34 heavy (non-hydrogen) atoms. The lowest BCUT2D eigenvalue weighted by atomic mass is 9.48. The Bertz CT molecular complexity index is 892. The van der Waals surface area contributed by atoms with E-state index in [9.17, 15) is 5.11 Å². The topological polar surface area (TPSA) is 71.1 Å². The van der Waals surface area contributed by atoms with Gasteiger partial charge in [-0.1, -0.05) is 20.3 Å². The summed E-state index contributed by atoms with van der Waals surface area (Å²) in [5, 5.41) is 24.8. The molecular formula is C29H45N3O2. The van der Waals surface area contributed by atoms with Crippen molar-refractivity contribution in [2.45, 2.75) is 97.1 Å². The Morgan fingerprint density at radius 1 is 1.15 bits per heavy atom. The Kier molecular flexibility index (Phi) is 6.85. The van der Waals surface area contributed by atoms with Crippen LogP contribution < -0.4 is 0 Å². The molecule has 188 valence electrons.